The van der Waals surface area contributed by atoms with Crippen LogP contribution >= 0.6 is 11.3 Å². The number of anilines is 2. The number of thiazole rings is 1. The standard InChI is InChI=1S/C30H27N5O9S/c1-34(2)22-16-10-14-8-13-6-7-17(32-29-33-18(11-45-29)12-4-3-5-15(9-12)35(43)44)23(36)19(13)24(37)20(14)26(39)30(16,42)27(40)21(25(22)38)28(31)41/h3-7,9,11,14,16,20-22,36,42H,8,10H2,1-2H3,(H2,31,41)(H,32,33)/t14-,16-,20?,21?,22-,30-/m1/s1. The molecule has 0 radical (unpaired) electrons. The highest BCUT2D eigenvalue weighted by atomic mass is 32.1. The summed E-state index contributed by atoms with van der Waals surface area (Å²) in [5.41, 5.74) is 3.80. The summed E-state index contributed by atoms with van der Waals surface area (Å²) in [6.45, 7) is 0. The zero-order valence-electron chi connectivity index (χ0n) is 23.9. The molecule has 3 aromatic rings. The molecule has 2 fully saturated rings. The van der Waals surface area contributed by atoms with Gasteiger partial charge in [-0.2, -0.15) is 0 Å². The molecule has 0 saturated heterocycles. The molecule has 3 aliphatic rings. The third-order valence-electron chi connectivity index (χ3n) is 9.03. The minimum Gasteiger partial charge on any atom is -0.505 e. The number of primary amides is 1. The number of amides is 1. The maximum atomic E-state index is 14.0. The van der Waals surface area contributed by atoms with Crippen molar-refractivity contribution in [1.29, 1.82) is 0 Å². The summed E-state index contributed by atoms with van der Waals surface area (Å²) >= 11 is 1.15. The highest BCUT2D eigenvalue weighted by Gasteiger charge is 2.69. The normalized spacial score (nSPS) is 27.5. The second-order valence-electron chi connectivity index (χ2n) is 11.8. The lowest BCUT2D eigenvalue weighted by Crippen LogP contribution is -2.74. The summed E-state index contributed by atoms with van der Waals surface area (Å²) in [7, 11) is 3.05. The quantitative estimate of drug-likeness (QED) is 0.132. The number of nitro groups is 1. The SMILES string of the molecule is CN(C)[C@H]1C(=O)C(C(N)=O)C(=O)[C@]2(O)C(=O)C3C(=O)c4c(ccc(Nc5nc(-c6cccc([N+](=O)[O-])c6)cs5)c4O)C[C@@H]3C[C@H]12. The number of rotatable bonds is 6. The fourth-order valence-electron chi connectivity index (χ4n) is 7.04. The number of hydrogen-bond acceptors (Lipinski definition) is 13. The molecule has 0 aliphatic heterocycles. The highest BCUT2D eigenvalue weighted by molar-refractivity contribution is 7.14. The van der Waals surface area contributed by atoms with E-state index < -0.39 is 75.0 Å². The zero-order chi connectivity index (χ0) is 32.5. The molecule has 5 N–H and O–H groups in total. The van der Waals surface area contributed by atoms with Crippen molar-refractivity contribution in [1.82, 2.24) is 9.88 Å². The van der Waals surface area contributed by atoms with Crippen LogP contribution in [0.3, 0.4) is 0 Å². The smallest absolute Gasteiger partial charge is 0.270 e. The zero-order valence-corrected chi connectivity index (χ0v) is 24.7. The van der Waals surface area contributed by atoms with Gasteiger partial charge in [0.2, 0.25) is 5.91 Å². The van der Waals surface area contributed by atoms with Crippen molar-refractivity contribution in [3.63, 3.8) is 0 Å². The van der Waals surface area contributed by atoms with Crippen molar-refractivity contribution in [2.45, 2.75) is 24.5 Å². The van der Waals surface area contributed by atoms with Crippen molar-refractivity contribution in [3.05, 3.63) is 63.0 Å². The van der Waals surface area contributed by atoms with E-state index in [0.29, 0.717) is 22.0 Å². The van der Waals surface area contributed by atoms with Crippen LogP contribution in [-0.4, -0.2) is 79.8 Å². The predicted octanol–water partition coefficient (Wildman–Crippen LogP) is 1.64. The van der Waals surface area contributed by atoms with E-state index in [1.54, 1.807) is 23.6 Å². The molecule has 1 amide bonds. The van der Waals surface area contributed by atoms with Gasteiger partial charge in [0.1, 0.15) is 5.75 Å². The molecule has 1 aromatic heterocycles. The van der Waals surface area contributed by atoms with Gasteiger partial charge in [0.15, 0.2) is 39.8 Å². The van der Waals surface area contributed by atoms with E-state index in [4.69, 9.17) is 5.73 Å². The average Bonchev–Trinajstić information content (AvgIpc) is 3.45. The molecule has 6 rings (SSSR count). The molecule has 6 atom stereocenters. The maximum Gasteiger partial charge on any atom is 0.270 e. The molecule has 3 aliphatic carbocycles. The van der Waals surface area contributed by atoms with E-state index in [-0.39, 0.29) is 29.8 Å². The van der Waals surface area contributed by atoms with Gasteiger partial charge in [0.25, 0.3) is 5.69 Å². The maximum absolute atomic E-state index is 14.0. The molecular formula is C30H27N5O9S. The molecular weight excluding hydrogens is 606 g/mol. The van der Waals surface area contributed by atoms with Gasteiger partial charge in [-0.25, -0.2) is 4.98 Å². The van der Waals surface area contributed by atoms with Crippen LogP contribution < -0.4 is 11.1 Å². The van der Waals surface area contributed by atoms with E-state index in [1.807, 2.05) is 0 Å². The number of non-ortho nitro benzene ring substituents is 1. The lowest BCUT2D eigenvalue weighted by atomic mass is 9.52. The van der Waals surface area contributed by atoms with Crippen molar-refractivity contribution in [2.75, 3.05) is 19.4 Å². The van der Waals surface area contributed by atoms with Crippen molar-refractivity contribution < 1.29 is 39.1 Å². The number of nitrogens with two attached hydrogens (primary N) is 1. The summed E-state index contributed by atoms with van der Waals surface area (Å²) in [4.78, 5) is 83.1. The Hall–Kier alpha value is -4.86. The Morgan fingerprint density at radius 2 is 1.91 bits per heavy atom. The Kier molecular flexibility index (Phi) is 7.14. The largest absolute Gasteiger partial charge is 0.505 e. The number of phenolic OH excluding ortho intramolecular Hbond substituents is 1. The number of phenols is 1. The van der Waals surface area contributed by atoms with Crippen LogP contribution in [0.1, 0.15) is 22.3 Å². The number of aromatic nitrogens is 1. The van der Waals surface area contributed by atoms with E-state index in [1.165, 1.54) is 37.2 Å². The predicted molar refractivity (Wildman–Crippen MR) is 159 cm³/mol. The summed E-state index contributed by atoms with van der Waals surface area (Å²) in [6, 6.07) is 7.93. The van der Waals surface area contributed by atoms with Gasteiger partial charge in [0, 0.05) is 29.0 Å². The topological polar surface area (TPSA) is 223 Å². The second kappa shape index (κ2) is 10.6. The average molecular weight is 634 g/mol. The molecule has 45 heavy (non-hydrogen) atoms. The second-order valence-corrected chi connectivity index (χ2v) is 12.6. The number of nitro benzene ring substituents is 1. The van der Waals surface area contributed by atoms with Crippen molar-refractivity contribution >= 4 is 56.9 Å². The van der Waals surface area contributed by atoms with Gasteiger partial charge in [-0.15, -0.1) is 11.3 Å². The van der Waals surface area contributed by atoms with Gasteiger partial charge in [0.05, 0.1) is 33.8 Å². The fourth-order valence-corrected chi connectivity index (χ4v) is 7.77. The summed E-state index contributed by atoms with van der Waals surface area (Å²) < 4.78 is 0. The molecule has 232 valence electrons. The van der Waals surface area contributed by atoms with Crippen LogP contribution in [-0.2, 0) is 25.6 Å². The molecule has 2 unspecified atom stereocenters. The van der Waals surface area contributed by atoms with Gasteiger partial charge in [-0.1, -0.05) is 18.2 Å². The molecule has 15 heteroatoms. The van der Waals surface area contributed by atoms with Crippen molar-refractivity contribution in [3.8, 4) is 17.0 Å². The number of aromatic hydroxyl groups is 1. The summed E-state index contributed by atoms with van der Waals surface area (Å²) in [5.74, 6) is -11.2. The molecule has 0 bridgehead atoms. The van der Waals surface area contributed by atoms with E-state index in [9.17, 15) is 44.3 Å². The summed E-state index contributed by atoms with van der Waals surface area (Å²) in [5, 5.41) is 39.0. The Morgan fingerprint density at radius 3 is 2.58 bits per heavy atom. The molecule has 1 heterocycles. The number of aliphatic hydroxyl groups is 1. The molecule has 14 nitrogen and oxygen atoms in total. The molecule has 2 aromatic carbocycles. The van der Waals surface area contributed by atoms with Crippen LogP contribution in [0.2, 0.25) is 0 Å². The number of benzene rings is 2. The van der Waals surface area contributed by atoms with Gasteiger partial charge >= 0.3 is 0 Å². The summed E-state index contributed by atoms with van der Waals surface area (Å²) in [6.07, 6.45) is 0.109. The van der Waals surface area contributed by atoms with Crippen molar-refractivity contribution in [2.24, 2.45) is 29.4 Å². The number of nitrogens with zero attached hydrogens (tertiary/aromatic N) is 3. The van der Waals surface area contributed by atoms with Gasteiger partial charge in [-0.3, -0.25) is 39.0 Å². The number of carbonyl (C=O) groups is 5. The van der Waals surface area contributed by atoms with E-state index in [0.717, 1.165) is 11.3 Å². The third-order valence-corrected chi connectivity index (χ3v) is 9.79. The Labute approximate surface area is 259 Å². The minimum atomic E-state index is -2.80. The third kappa shape index (κ3) is 4.53. The lowest BCUT2D eigenvalue weighted by molar-refractivity contribution is -0.384. The van der Waals surface area contributed by atoms with Crippen LogP contribution in [0.4, 0.5) is 16.5 Å². The van der Waals surface area contributed by atoms with E-state index >= 15 is 0 Å². The molecule has 0 spiro atoms. The number of carbonyl (C=O) groups excluding carboxylic acids is 5. The van der Waals surface area contributed by atoms with Crippen LogP contribution in [0, 0.1) is 33.8 Å². The Bertz CT molecular complexity index is 1840. The number of ketones is 4. The number of likely N-dealkylation sites (N-methyl/N-ethyl adjacent to an activating group) is 1. The number of hydrogen-bond donors (Lipinski definition) is 4. The Balaban J connectivity index is 1.33. The fraction of sp³-hybridized carbons (Fsp3) is 0.333. The van der Waals surface area contributed by atoms with Crippen LogP contribution in [0.25, 0.3) is 11.3 Å². The van der Waals surface area contributed by atoms with Gasteiger partial charge in [-0.05, 0) is 44.5 Å². The lowest BCUT2D eigenvalue weighted by Gasteiger charge is -2.52. The van der Waals surface area contributed by atoms with Crippen LogP contribution in [0.15, 0.2) is 41.8 Å². The monoisotopic (exact) mass is 633 g/mol. The number of fused-ring (bicyclic) bond motifs is 3. The Morgan fingerprint density at radius 1 is 1.18 bits per heavy atom. The van der Waals surface area contributed by atoms with Gasteiger partial charge < -0.3 is 21.3 Å². The number of nitrogens with one attached hydrogen (secondary N) is 1. The van der Waals surface area contributed by atoms with E-state index in [2.05, 4.69) is 10.3 Å². The highest BCUT2D eigenvalue weighted by Crippen LogP contribution is 2.51. The molecule has 2 saturated carbocycles. The first-order chi connectivity index (χ1) is 21.2. The first-order valence-corrected chi connectivity index (χ1v) is 14.8. The first kappa shape index (κ1) is 30.2. The van der Waals surface area contributed by atoms with Crippen LogP contribution in [0.5, 0.6) is 5.75 Å². The minimum absolute atomic E-state index is 0.0375. The first-order valence-electron chi connectivity index (χ1n) is 13.9. The number of Topliss-reactive ketones (excluding diaryl/α,β-unsaturated/α-hetero) is 4.